The van der Waals surface area contributed by atoms with Crippen LogP contribution in [0.5, 0.6) is 0 Å². The maximum Gasteiger partial charge on any atom is 0.0986 e. The van der Waals surface area contributed by atoms with Crippen molar-refractivity contribution in [2.45, 2.75) is 25.0 Å². The van der Waals surface area contributed by atoms with E-state index in [2.05, 4.69) is 11.9 Å². The van der Waals surface area contributed by atoms with E-state index in [1.807, 2.05) is 6.92 Å². The second-order valence-corrected chi connectivity index (χ2v) is 2.62. The zero-order valence-electron chi connectivity index (χ0n) is 5.72. The van der Waals surface area contributed by atoms with Gasteiger partial charge in [-0.05, 0) is 19.9 Å². The molecule has 1 rings (SSSR count). The van der Waals surface area contributed by atoms with Crippen LogP contribution in [0.4, 0.5) is 0 Å². The Bertz CT molecular complexity index is 124. The molecule has 0 aromatic heterocycles. The highest BCUT2D eigenvalue weighted by Crippen LogP contribution is 2.21. The first-order chi connectivity index (χ1) is 4.19. The quantitative estimate of drug-likeness (QED) is 0.496. The van der Waals surface area contributed by atoms with Crippen molar-refractivity contribution >= 4 is 0 Å². The summed E-state index contributed by atoms with van der Waals surface area (Å²) in [5.74, 6) is 0. The summed E-state index contributed by atoms with van der Waals surface area (Å²) in [6.45, 7) is 6.43. The van der Waals surface area contributed by atoms with Gasteiger partial charge in [0.2, 0.25) is 0 Å². The highest BCUT2D eigenvalue weighted by molar-refractivity contribution is 5.06. The molecule has 1 aliphatic heterocycles. The summed E-state index contributed by atoms with van der Waals surface area (Å²) in [6.07, 6.45) is 2.41. The van der Waals surface area contributed by atoms with Gasteiger partial charge in [-0.2, -0.15) is 0 Å². The Morgan fingerprint density at radius 2 is 2.56 bits per heavy atom. The summed E-state index contributed by atoms with van der Waals surface area (Å²) in [5.41, 5.74) is -0.653. The maximum atomic E-state index is 9.59. The monoisotopic (exact) mass is 127 g/mol. The molecular formula is C7H13NO. The van der Waals surface area contributed by atoms with Gasteiger partial charge in [-0.25, -0.2) is 0 Å². The summed E-state index contributed by atoms with van der Waals surface area (Å²) < 4.78 is 0. The van der Waals surface area contributed by atoms with Gasteiger partial charge in [-0.3, -0.25) is 0 Å². The molecule has 9 heavy (non-hydrogen) atoms. The molecule has 2 heteroatoms. The molecule has 52 valence electrons. The molecule has 1 saturated heterocycles. The fourth-order valence-corrected chi connectivity index (χ4v) is 1.16. The summed E-state index contributed by atoms with van der Waals surface area (Å²) in [7, 11) is 0. The lowest BCUT2D eigenvalue weighted by Crippen LogP contribution is -2.38. The number of aliphatic hydroxyl groups is 1. The highest BCUT2D eigenvalue weighted by Gasteiger charge is 2.34. The average molecular weight is 127 g/mol. The van der Waals surface area contributed by atoms with Crippen LogP contribution in [0.15, 0.2) is 12.7 Å². The van der Waals surface area contributed by atoms with Gasteiger partial charge in [0.15, 0.2) is 0 Å². The van der Waals surface area contributed by atoms with E-state index >= 15 is 0 Å². The van der Waals surface area contributed by atoms with Crippen molar-refractivity contribution in [2.75, 3.05) is 6.54 Å². The highest BCUT2D eigenvalue weighted by atomic mass is 16.3. The van der Waals surface area contributed by atoms with E-state index < -0.39 is 5.60 Å². The summed E-state index contributed by atoms with van der Waals surface area (Å²) in [6, 6.07) is 0.162. The van der Waals surface area contributed by atoms with Crippen molar-refractivity contribution in [2.24, 2.45) is 0 Å². The van der Waals surface area contributed by atoms with Crippen molar-refractivity contribution in [3.8, 4) is 0 Å². The fourth-order valence-electron chi connectivity index (χ4n) is 1.16. The second-order valence-electron chi connectivity index (χ2n) is 2.62. The normalized spacial score (nSPS) is 43.1. The molecule has 2 atom stereocenters. The molecule has 2 N–H and O–H groups in total. The Labute approximate surface area is 55.6 Å². The van der Waals surface area contributed by atoms with Gasteiger partial charge in [0.1, 0.15) is 0 Å². The van der Waals surface area contributed by atoms with Gasteiger partial charge < -0.3 is 10.4 Å². The number of nitrogens with one attached hydrogen (secondary N) is 1. The molecule has 0 radical (unpaired) electrons. The largest absolute Gasteiger partial charge is 0.384 e. The Morgan fingerprint density at radius 1 is 1.89 bits per heavy atom. The van der Waals surface area contributed by atoms with Crippen LogP contribution in [0.1, 0.15) is 13.3 Å². The molecule has 0 aromatic carbocycles. The van der Waals surface area contributed by atoms with Gasteiger partial charge >= 0.3 is 0 Å². The second kappa shape index (κ2) is 2.12. The van der Waals surface area contributed by atoms with Crippen molar-refractivity contribution < 1.29 is 5.11 Å². The van der Waals surface area contributed by atoms with Gasteiger partial charge in [-0.1, -0.05) is 6.08 Å². The van der Waals surface area contributed by atoms with Crippen LogP contribution in [-0.2, 0) is 0 Å². The Balaban J connectivity index is 2.66. The van der Waals surface area contributed by atoms with Gasteiger partial charge in [0, 0.05) is 6.04 Å². The first-order valence-electron chi connectivity index (χ1n) is 3.28. The van der Waals surface area contributed by atoms with Crippen molar-refractivity contribution in [1.82, 2.24) is 5.32 Å². The third-order valence-corrected chi connectivity index (χ3v) is 2.08. The van der Waals surface area contributed by atoms with E-state index in [1.54, 1.807) is 6.08 Å². The molecule has 0 spiro atoms. The molecule has 0 unspecified atom stereocenters. The molecule has 1 fully saturated rings. The zero-order chi connectivity index (χ0) is 6.91. The standard InChI is InChI=1S/C7H13NO/c1-3-7(9)4-5-8-6(7)2/h3,6,8-9H,1,4-5H2,2H3/t6-,7-/m0/s1. The van der Waals surface area contributed by atoms with Gasteiger partial charge in [-0.15, -0.1) is 6.58 Å². The molecule has 0 amide bonds. The molecule has 2 nitrogen and oxygen atoms in total. The molecule has 0 aromatic rings. The molecule has 0 aliphatic carbocycles. The molecule has 0 saturated carbocycles. The predicted octanol–water partition coefficient (Wildman–Crippen LogP) is 0.285. The summed E-state index contributed by atoms with van der Waals surface area (Å²) in [5, 5.41) is 12.7. The lowest BCUT2D eigenvalue weighted by molar-refractivity contribution is 0.0837. The average Bonchev–Trinajstić information content (AvgIpc) is 2.15. The third-order valence-electron chi connectivity index (χ3n) is 2.08. The van der Waals surface area contributed by atoms with Crippen LogP contribution in [0.3, 0.4) is 0 Å². The SMILES string of the molecule is C=C[C@]1(O)CCN[C@H]1C. The molecule has 0 bridgehead atoms. The van der Waals surface area contributed by atoms with Crippen molar-refractivity contribution in [3.63, 3.8) is 0 Å². The molecular weight excluding hydrogens is 114 g/mol. The van der Waals surface area contributed by atoms with E-state index in [0.29, 0.717) is 0 Å². The number of hydrogen-bond donors (Lipinski definition) is 2. The smallest absolute Gasteiger partial charge is 0.0986 e. The van der Waals surface area contributed by atoms with E-state index in [0.717, 1.165) is 13.0 Å². The number of hydrogen-bond acceptors (Lipinski definition) is 2. The van der Waals surface area contributed by atoms with E-state index in [1.165, 1.54) is 0 Å². The van der Waals surface area contributed by atoms with Crippen LogP contribution in [0, 0.1) is 0 Å². The van der Waals surface area contributed by atoms with E-state index in [-0.39, 0.29) is 6.04 Å². The molecule has 1 aliphatic rings. The summed E-state index contributed by atoms with van der Waals surface area (Å²) >= 11 is 0. The van der Waals surface area contributed by atoms with Crippen LogP contribution in [-0.4, -0.2) is 23.3 Å². The number of rotatable bonds is 1. The fraction of sp³-hybridized carbons (Fsp3) is 0.714. The Kier molecular flexibility index (Phi) is 1.60. The van der Waals surface area contributed by atoms with Gasteiger partial charge in [0.25, 0.3) is 0 Å². The van der Waals surface area contributed by atoms with Crippen LogP contribution in [0.2, 0.25) is 0 Å². The minimum atomic E-state index is -0.653. The van der Waals surface area contributed by atoms with Crippen LogP contribution >= 0.6 is 0 Å². The van der Waals surface area contributed by atoms with Gasteiger partial charge in [0.05, 0.1) is 5.60 Å². The lowest BCUT2D eigenvalue weighted by Gasteiger charge is -2.21. The van der Waals surface area contributed by atoms with Crippen molar-refractivity contribution in [3.05, 3.63) is 12.7 Å². The lowest BCUT2D eigenvalue weighted by atomic mass is 9.97. The third kappa shape index (κ3) is 1.00. The molecule has 1 heterocycles. The minimum absolute atomic E-state index is 0.162. The minimum Gasteiger partial charge on any atom is -0.384 e. The predicted molar refractivity (Wildman–Crippen MR) is 37.2 cm³/mol. The van der Waals surface area contributed by atoms with Crippen molar-refractivity contribution in [1.29, 1.82) is 0 Å². The maximum absolute atomic E-state index is 9.59. The first-order valence-corrected chi connectivity index (χ1v) is 3.28. The topological polar surface area (TPSA) is 32.3 Å². The van der Waals surface area contributed by atoms with Crippen LogP contribution in [0.25, 0.3) is 0 Å². The zero-order valence-corrected chi connectivity index (χ0v) is 5.72. The Hall–Kier alpha value is -0.340. The Morgan fingerprint density at radius 3 is 2.78 bits per heavy atom. The first kappa shape index (κ1) is 6.78. The van der Waals surface area contributed by atoms with E-state index in [9.17, 15) is 5.11 Å². The summed E-state index contributed by atoms with van der Waals surface area (Å²) in [4.78, 5) is 0. The van der Waals surface area contributed by atoms with Crippen LogP contribution < -0.4 is 5.32 Å². The van der Waals surface area contributed by atoms with E-state index in [4.69, 9.17) is 0 Å².